The zero-order chi connectivity index (χ0) is 13.1. The molecular weight excluding hydrogens is 248 g/mol. The van der Waals surface area contributed by atoms with Gasteiger partial charge >= 0.3 is 5.97 Å². The van der Waals surface area contributed by atoms with Gasteiger partial charge in [0.15, 0.2) is 0 Å². The Balaban J connectivity index is 1.85. The summed E-state index contributed by atoms with van der Waals surface area (Å²) >= 11 is 1.31. The number of carboxylic acids is 1. The Hall–Kier alpha value is -0.870. The number of hydrogen-bond donors (Lipinski definition) is 1. The summed E-state index contributed by atoms with van der Waals surface area (Å²) in [5.74, 6) is 0.611. The standard InChI is InChI=1S/C14H20O3S/c1-9-5-10(2)7-11(6-9)17-8-12-3-4-13(18-12)14(15)16/h3-4,9-11H,5-8H2,1-2H3,(H,15,16). The van der Waals surface area contributed by atoms with Crippen molar-refractivity contribution >= 4 is 17.3 Å². The summed E-state index contributed by atoms with van der Waals surface area (Å²) in [4.78, 5) is 12.2. The number of carbonyl (C=O) groups is 1. The zero-order valence-electron chi connectivity index (χ0n) is 10.9. The van der Waals surface area contributed by atoms with Crippen molar-refractivity contribution in [3.8, 4) is 0 Å². The molecule has 0 amide bonds. The van der Waals surface area contributed by atoms with Crippen molar-refractivity contribution in [2.45, 2.75) is 45.8 Å². The van der Waals surface area contributed by atoms with E-state index in [1.165, 1.54) is 17.8 Å². The van der Waals surface area contributed by atoms with Gasteiger partial charge in [-0.3, -0.25) is 0 Å². The van der Waals surface area contributed by atoms with Crippen LogP contribution in [0, 0.1) is 11.8 Å². The van der Waals surface area contributed by atoms with E-state index in [9.17, 15) is 4.79 Å². The first kappa shape index (κ1) is 13.6. The molecule has 1 saturated carbocycles. The van der Waals surface area contributed by atoms with Gasteiger partial charge in [-0.2, -0.15) is 0 Å². The Morgan fingerprint density at radius 1 is 1.33 bits per heavy atom. The second kappa shape index (κ2) is 5.85. The maximum atomic E-state index is 10.8. The molecule has 2 unspecified atom stereocenters. The molecule has 3 nitrogen and oxygen atoms in total. The van der Waals surface area contributed by atoms with Gasteiger partial charge in [-0.05, 0) is 43.2 Å². The quantitative estimate of drug-likeness (QED) is 0.903. The molecule has 100 valence electrons. The second-order valence-electron chi connectivity index (χ2n) is 5.42. The van der Waals surface area contributed by atoms with Crippen molar-refractivity contribution in [3.05, 3.63) is 21.9 Å². The van der Waals surface area contributed by atoms with Gasteiger partial charge in [-0.25, -0.2) is 4.79 Å². The van der Waals surface area contributed by atoms with Crippen LogP contribution in [0.1, 0.15) is 47.7 Å². The van der Waals surface area contributed by atoms with E-state index in [1.807, 2.05) is 6.07 Å². The third-order valence-corrected chi connectivity index (χ3v) is 4.52. The minimum Gasteiger partial charge on any atom is -0.477 e. The van der Waals surface area contributed by atoms with Crippen LogP contribution in [0.4, 0.5) is 0 Å². The second-order valence-corrected chi connectivity index (χ2v) is 6.59. The minimum atomic E-state index is -0.855. The van der Waals surface area contributed by atoms with E-state index < -0.39 is 5.97 Å². The van der Waals surface area contributed by atoms with Crippen LogP contribution in [-0.2, 0) is 11.3 Å². The predicted octanol–water partition coefficient (Wildman–Crippen LogP) is 3.79. The molecule has 1 heterocycles. The third-order valence-electron chi connectivity index (χ3n) is 3.47. The highest BCUT2D eigenvalue weighted by Gasteiger charge is 2.24. The van der Waals surface area contributed by atoms with Crippen molar-refractivity contribution < 1.29 is 14.6 Å². The number of aromatic carboxylic acids is 1. The van der Waals surface area contributed by atoms with E-state index >= 15 is 0 Å². The van der Waals surface area contributed by atoms with Gasteiger partial charge < -0.3 is 9.84 Å². The summed E-state index contributed by atoms with van der Waals surface area (Å²) in [7, 11) is 0. The highest BCUT2D eigenvalue weighted by atomic mass is 32.1. The molecule has 0 spiro atoms. The predicted molar refractivity (Wildman–Crippen MR) is 72.0 cm³/mol. The molecule has 1 fully saturated rings. The van der Waals surface area contributed by atoms with E-state index in [-0.39, 0.29) is 0 Å². The Kier molecular flexibility index (Phi) is 4.40. The van der Waals surface area contributed by atoms with Crippen molar-refractivity contribution in [2.24, 2.45) is 11.8 Å². The van der Waals surface area contributed by atoms with Gasteiger partial charge in [-0.15, -0.1) is 11.3 Å². The van der Waals surface area contributed by atoms with Gasteiger partial charge in [-0.1, -0.05) is 13.8 Å². The molecule has 1 N–H and O–H groups in total. The van der Waals surface area contributed by atoms with Crippen molar-refractivity contribution in [3.63, 3.8) is 0 Å². The Labute approximate surface area is 112 Å². The summed E-state index contributed by atoms with van der Waals surface area (Å²) in [6.07, 6.45) is 3.88. The molecule has 1 aliphatic carbocycles. The zero-order valence-corrected chi connectivity index (χ0v) is 11.7. The van der Waals surface area contributed by atoms with E-state index in [0.717, 1.165) is 29.6 Å². The highest BCUT2D eigenvalue weighted by Crippen LogP contribution is 2.31. The van der Waals surface area contributed by atoms with Crippen LogP contribution in [0.5, 0.6) is 0 Å². The van der Waals surface area contributed by atoms with Gasteiger partial charge in [0.05, 0.1) is 12.7 Å². The molecule has 1 aliphatic rings. The molecule has 0 bridgehead atoms. The normalized spacial score (nSPS) is 28.2. The first-order valence-corrected chi connectivity index (χ1v) is 7.30. The summed E-state index contributed by atoms with van der Waals surface area (Å²) in [6, 6.07) is 3.50. The minimum absolute atomic E-state index is 0.333. The summed E-state index contributed by atoms with van der Waals surface area (Å²) in [6.45, 7) is 5.10. The molecule has 1 aromatic heterocycles. The lowest BCUT2D eigenvalue weighted by Crippen LogP contribution is -2.26. The van der Waals surface area contributed by atoms with Gasteiger partial charge in [0.2, 0.25) is 0 Å². The van der Waals surface area contributed by atoms with Crippen molar-refractivity contribution in [1.82, 2.24) is 0 Å². The molecule has 1 aromatic rings. The molecule has 18 heavy (non-hydrogen) atoms. The fraction of sp³-hybridized carbons (Fsp3) is 0.643. The molecular formula is C14H20O3S. The van der Waals surface area contributed by atoms with Gasteiger partial charge in [0, 0.05) is 4.88 Å². The summed E-state index contributed by atoms with van der Waals surface area (Å²) in [5.41, 5.74) is 0. The molecule has 2 atom stereocenters. The first-order chi connectivity index (χ1) is 8.54. The van der Waals surface area contributed by atoms with Crippen LogP contribution in [-0.4, -0.2) is 17.2 Å². The fourth-order valence-corrected chi connectivity index (χ4v) is 3.55. The summed E-state index contributed by atoms with van der Waals surface area (Å²) < 4.78 is 5.92. The number of thiophene rings is 1. The lowest BCUT2D eigenvalue weighted by molar-refractivity contribution is -0.00803. The van der Waals surface area contributed by atoms with Crippen LogP contribution in [0.2, 0.25) is 0 Å². The van der Waals surface area contributed by atoms with Crippen molar-refractivity contribution in [2.75, 3.05) is 0 Å². The average molecular weight is 268 g/mol. The molecule has 0 aliphatic heterocycles. The lowest BCUT2D eigenvalue weighted by atomic mass is 9.82. The van der Waals surface area contributed by atoms with Crippen LogP contribution in [0.25, 0.3) is 0 Å². The maximum absolute atomic E-state index is 10.8. The highest BCUT2D eigenvalue weighted by molar-refractivity contribution is 7.13. The summed E-state index contributed by atoms with van der Waals surface area (Å²) in [5, 5.41) is 8.85. The molecule has 2 rings (SSSR count). The van der Waals surface area contributed by atoms with Gasteiger partial charge in [0.1, 0.15) is 4.88 Å². The van der Waals surface area contributed by atoms with E-state index in [4.69, 9.17) is 9.84 Å². The Bertz CT molecular complexity index is 403. The first-order valence-electron chi connectivity index (χ1n) is 6.48. The molecule has 0 radical (unpaired) electrons. The van der Waals surface area contributed by atoms with Crippen LogP contribution in [0.3, 0.4) is 0 Å². The van der Waals surface area contributed by atoms with E-state index in [1.54, 1.807) is 6.07 Å². The van der Waals surface area contributed by atoms with Crippen LogP contribution < -0.4 is 0 Å². The largest absolute Gasteiger partial charge is 0.477 e. The maximum Gasteiger partial charge on any atom is 0.345 e. The number of carboxylic acid groups (broad SMARTS) is 1. The fourth-order valence-electron chi connectivity index (χ4n) is 2.78. The lowest BCUT2D eigenvalue weighted by Gasteiger charge is -2.31. The van der Waals surface area contributed by atoms with Gasteiger partial charge in [0.25, 0.3) is 0 Å². The van der Waals surface area contributed by atoms with E-state index in [2.05, 4.69) is 13.8 Å². The number of ether oxygens (including phenoxy) is 1. The number of hydrogen-bond acceptors (Lipinski definition) is 3. The molecule has 0 aromatic carbocycles. The molecule has 4 heteroatoms. The smallest absolute Gasteiger partial charge is 0.345 e. The number of rotatable bonds is 4. The van der Waals surface area contributed by atoms with Crippen LogP contribution in [0.15, 0.2) is 12.1 Å². The van der Waals surface area contributed by atoms with Crippen molar-refractivity contribution in [1.29, 1.82) is 0 Å². The topological polar surface area (TPSA) is 46.5 Å². The van der Waals surface area contributed by atoms with E-state index in [0.29, 0.717) is 17.6 Å². The monoisotopic (exact) mass is 268 g/mol. The van der Waals surface area contributed by atoms with Crippen LogP contribution >= 0.6 is 11.3 Å². The Morgan fingerprint density at radius 3 is 2.56 bits per heavy atom. The average Bonchev–Trinajstić information content (AvgIpc) is 2.73. The molecule has 0 saturated heterocycles. The Morgan fingerprint density at radius 2 is 2.00 bits per heavy atom. The third kappa shape index (κ3) is 3.56. The SMILES string of the molecule is CC1CC(C)CC(OCc2ccc(C(=O)O)s2)C1.